The molecule has 0 spiro atoms. The van der Waals surface area contributed by atoms with E-state index < -0.39 is 11.9 Å². The highest BCUT2D eigenvalue weighted by molar-refractivity contribution is 7.17. The Kier molecular flexibility index (Phi) is 5.30. The normalized spacial score (nSPS) is 15.4. The molecule has 0 bridgehead atoms. The molecular formula is C25H22N4O3S. The van der Waals surface area contributed by atoms with Crippen LogP contribution >= 0.6 is 11.3 Å². The van der Waals surface area contributed by atoms with Gasteiger partial charge >= 0.3 is 0 Å². The Morgan fingerprint density at radius 1 is 1.12 bits per heavy atom. The van der Waals surface area contributed by atoms with Gasteiger partial charge in [0.15, 0.2) is 0 Å². The first-order chi connectivity index (χ1) is 15.9. The summed E-state index contributed by atoms with van der Waals surface area (Å²) in [4.78, 5) is 45.2. The minimum Gasteiger partial charge on any atom is -0.368 e. The average Bonchev–Trinajstić information content (AvgIpc) is 3.25. The van der Waals surface area contributed by atoms with E-state index in [1.54, 1.807) is 0 Å². The van der Waals surface area contributed by atoms with Crippen LogP contribution in [0.4, 0.5) is 0 Å². The molecule has 2 N–H and O–H groups in total. The maximum absolute atomic E-state index is 13.3. The molecule has 166 valence electrons. The summed E-state index contributed by atoms with van der Waals surface area (Å²) >= 11 is 1.40. The van der Waals surface area contributed by atoms with Crippen molar-refractivity contribution in [2.24, 2.45) is 5.73 Å². The SMILES string of the molecule is Cc1ccc(-c2csc3ncn(CC(=O)N4Cc5ccccc5C[C@H]4C(N)=O)c(=O)c23)cc1. The van der Waals surface area contributed by atoms with Crippen LogP contribution in [0.2, 0.25) is 0 Å². The highest BCUT2D eigenvalue weighted by Crippen LogP contribution is 2.31. The molecule has 0 saturated carbocycles. The van der Waals surface area contributed by atoms with Crippen LogP contribution in [0, 0.1) is 6.92 Å². The van der Waals surface area contributed by atoms with Crippen LogP contribution in [0.5, 0.6) is 0 Å². The number of primary amides is 1. The van der Waals surface area contributed by atoms with E-state index in [1.165, 1.54) is 27.1 Å². The van der Waals surface area contributed by atoms with E-state index in [4.69, 9.17) is 5.73 Å². The van der Waals surface area contributed by atoms with Crippen LogP contribution in [-0.4, -0.2) is 32.3 Å². The highest BCUT2D eigenvalue weighted by atomic mass is 32.1. The van der Waals surface area contributed by atoms with E-state index in [9.17, 15) is 14.4 Å². The van der Waals surface area contributed by atoms with Crippen LogP contribution in [-0.2, 0) is 29.1 Å². The largest absolute Gasteiger partial charge is 0.368 e. The third-order valence-electron chi connectivity index (χ3n) is 6.13. The summed E-state index contributed by atoms with van der Waals surface area (Å²) in [6.45, 7) is 2.07. The maximum atomic E-state index is 13.3. The monoisotopic (exact) mass is 458 g/mol. The topological polar surface area (TPSA) is 98.3 Å². The Morgan fingerprint density at radius 3 is 2.58 bits per heavy atom. The third kappa shape index (κ3) is 3.82. The summed E-state index contributed by atoms with van der Waals surface area (Å²) in [7, 11) is 0. The van der Waals surface area contributed by atoms with Crippen LogP contribution in [0.3, 0.4) is 0 Å². The lowest BCUT2D eigenvalue weighted by Crippen LogP contribution is -2.52. The van der Waals surface area contributed by atoms with E-state index in [0.29, 0.717) is 16.6 Å². The molecule has 4 aromatic rings. The molecule has 0 fully saturated rings. The minimum atomic E-state index is -0.746. The first-order valence-corrected chi connectivity index (χ1v) is 11.5. The van der Waals surface area contributed by atoms with Crippen molar-refractivity contribution in [1.82, 2.24) is 14.5 Å². The summed E-state index contributed by atoms with van der Waals surface area (Å²) in [5.41, 5.74) is 10.2. The molecule has 0 aliphatic carbocycles. The number of aryl methyl sites for hydroxylation is 1. The molecule has 1 aliphatic heterocycles. The molecule has 3 heterocycles. The molecule has 1 aliphatic rings. The van der Waals surface area contributed by atoms with Gasteiger partial charge in [0.1, 0.15) is 17.4 Å². The van der Waals surface area contributed by atoms with Crippen molar-refractivity contribution in [2.45, 2.75) is 32.5 Å². The van der Waals surface area contributed by atoms with Gasteiger partial charge in [0.05, 0.1) is 11.7 Å². The first-order valence-electron chi connectivity index (χ1n) is 10.6. The van der Waals surface area contributed by atoms with Gasteiger partial charge in [-0.1, -0.05) is 54.1 Å². The summed E-state index contributed by atoms with van der Waals surface area (Å²) in [6.07, 6.45) is 1.76. The molecule has 1 atom stereocenters. The average molecular weight is 459 g/mol. The minimum absolute atomic E-state index is 0.211. The number of rotatable bonds is 4. The van der Waals surface area contributed by atoms with Gasteiger partial charge in [-0.25, -0.2) is 4.98 Å². The smallest absolute Gasteiger partial charge is 0.263 e. The van der Waals surface area contributed by atoms with Crippen LogP contribution < -0.4 is 11.3 Å². The summed E-state index contributed by atoms with van der Waals surface area (Å²) in [5.74, 6) is -0.901. The maximum Gasteiger partial charge on any atom is 0.263 e. The van der Waals surface area contributed by atoms with Gasteiger partial charge in [-0.05, 0) is 23.6 Å². The van der Waals surface area contributed by atoms with Crippen molar-refractivity contribution < 1.29 is 9.59 Å². The number of carbonyl (C=O) groups is 2. The van der Waals surface area contributed by atoms with Crippen molar-refractivity contribution in [3.63, 3.8) is 0 Å². The van der Waals surface area contributed by atoms with Gasteiger partial charge in [0.2, 0.25) is 11.8 Å². The van der Waals surface area contributed by atoms with Crippen LogP contribution in [0.25, 0.3) is 21.3 Å². The molecule has 7 nitrogen and oxygen atoms in total. The second-order valence-electron chi connectivity index (χ2n) is 8.29. The summed E-state index contributed by atoms with van der Waals surface area (Å²) in [6, 6.07) is 14.9. The lowest BCUT2D eigenvalue weighted by molar-refractivity contribution is -0.141. The zero-order valence-electron chi connectivity index (χ0n) is 18.0. The Hall–Kier alpha value is -3.78. The molecule has 5 rings (SSSR count). The predicted octanol–water partition coefficient (Wildman–Crippen LogP) is 2.87. The second kappa shape index (κ2) is 8.29. The van der Waals surface area contributed by atoms with Gasteiger partial charge in [0, 0.05) is 23.9 Å². The number of fused-ring (bicyclic) bond motifs is 2. The van der Waals surface area contributed by atoms with Crippen LogP contribution in [0.1, 0.15) is 16.7 Å². The Morgan fingerprint density at radius 2 is 1.85 bits per heavy atom. The summed E-state index contributed by atoms with van der Waals surface area (Å²) < 4.78 is 1.31. The van der Waals surface area contributed by atoms with Crippen molar-refractivity contribution in [1.29, 1.82) is 0 Å². The molecule has 33 heavy (non-hydrogen) atoms. The first kappa shape index (κ1) is 21.1. The number of thiophene rings is 1. The molecule has 2 amide bonds. The van der Waals surface area contributed by atoms with Crippen molar-refractivity contribution in [3.05, 3.63) is 87.3 Å². The number of carbonyl (C=O) groups excluding carboxylic acids is 2. The van der Waals surface area contributed by atoms with Gasteiger partial charge in [0.25, 0.3) is 5.56 Å². The molecular weight excluding hydrogens is 436 g/mol. The number of hydrogen-bond donors (Lipinski definition) is 1. The predicted molar refractivity (Wildman–Crippen MR) is 128 cm³/mol. The van der Waals surface area contributed by atoms with E-state index in [0.717, 1.165) is 27.8 Å². The van der Waals surface area contributed by atoms with Crippen LogP contribution in [0.15, 0.2) is 65.0 Å². The van der Waals surface area contributed by atoms with Crippen molar-refractivity contribution in [3.8, 4) is 11.1 Å². The quantitative estimate of drug-likeness (QED) is 0.508. The highest BCUT2D eigenvalue weighted by Gasteiger charge is 2.33. The standard InChI is InChI=1S/C25H22N4O3S/c1-15-6-8-16(9-7-15)19-13-33-24-22(19)25(32)28(14-27-24)12-21(30)29-11-18-5-3-2-4-17(18)10-20(29)23(26)31/h2-9,13-14,20H,10-12H2,1H3,(H2,26,31)/t20-/m0/s1. The van der Waals surface area contributed by atoms with Gasteiger partial charge in [-0.15, -0.1) is 11.3 Å². The lowest BCUT2D eigenvalue weighted by Gasteiger charge is -2.35. The molecule has 2 aromatic carbocycles. The van der Waals surface area contributed by atoms with E-state index in [2.05, 4.69) is 4.98 Å². The van der Waals surface area contributed by atoms with Gasteiger partial charge in [-0.2, -0.15) is 0 Å². The molecule has 8 heteroatoms. The Labute approximate surface area is 194 Å². The summed E-state index contributed by atoms with van der Waals surface area (Å²) in [5, 5.41) is 2.41. The van der Waals surface area contributed by atoms with Crippen molar-refractivity contribution in [2.75, 3.05) is 0 Å². The fourth-order valence-electron chi connectivity index (χ4n) is 4.30. The second-order valence-corrected chi connectivity index (χ2v) is 9.14. The van der Waals surface area contributed by atoms with E-state index >= 15 is 0 Å². The Balaban J connectivity index is 1.49. The number of benzene rings is 2. The third-order valence-corrected chi connectivity index (χ3v) is 7.01. The van der Waals surface area contributed by atoms with Crippen molar-refractivity contribution >= 4 is 33.4 Å². The zero-order valence-corrected chi connectivity index (χ0v) is 18.8. The van der Waals surface area contributed by atoms with E-state index in [-0.39, 0.29) is 24.6 Å². The number of hydrogen-bond acceptors (Lipinski definition) is 5. The molecule has 2 aromatic heterocycles. The molecule has 0 radical (unpaired) electrons. The van der Waals surface area contributed by atoms with E-state index in [1.807, 2.05) is 60.8 Å². The van der Waals surface area contributed by atoms with Gasteiger partial charge < -0.3 is 10.6 Å². The zero-order chi connectivity index (χ0) is 23.1. The number of nitrogens with two attached hydrogens (primary N) is 1. The van der Waals surface area contributed by atoms with Gasteiger partial charge in [-0.3, -0.25) is 19.0 Å². The number of nitrogens with zero attached hydrogens (tertiary/aromatic N) is 3. The number of aromatic nitrogens is 2. The fraction of sp³-hybridized carbons (Fsp3) is 0.200. The number of amides is 2. The lowest BCUT2D eigenvalue weighted by atomic mass is 9.93. The Bertz CT molecular complexity index is 1440. The molecule has 0 unspecified atom stereocenters. The fourth-order valence-corrected chi connectivity index (χ4v) is 5.21. The molecule has 0 saturated heterocycles.